The SMILES string of the molecule is O=C1OC2C(O)CC1C1C2NC(=S)N1c1ccccc1. The lowest BCUT2D eigenvalue weighted by atomic mass is 9.75. The second-order valence-electron chi connectivity index (χ2n) is 5.48. The van der Waals surface area contributed by atoms with Gasteiger partial charge in [-0.2, -0.15) is 0 Å². The number of nitrogens with one attached hydrogen (secondary N) is 1. The highest BCUT2D eigenvalue weighted by molar-refractivity contribution is 7.80. The Labute approximate surface area is 121 Å². The molecule has 5 unspecified atom stereocenters. The summed E-state index contributed by atoms with van der Waals surface area (Å²) >= 11 is 5.41. The molecule has 3 saturated heterocycles. The van der Waals surface area contributed by atoms with Crippen LogP contribution in [0, 0.1) is 5.92 Å². The Morgan fingerprint density at radius 3 is 2.85 bits per heavy atom. The van der Waals surface area contributed by atoms with Crippen molar-refractivity contribution in [3.63, 3.8) is 0 Å². The third-order valence-electron chi connectivity index (χ3n) is 4.41. The molecule has 3 aliphatic heterocycles. The van der Waals surface area contributed by atoms with E-state index in [9.17, 15) is 9.90 Å². The molecule has 6 heteroatoms. The number of esters is 1. The number of rotatable bonds is 1. The normalized spacial score (nSPS) is 38.5. The van der Waals surface area contributed by atoms with E-state index in [0.29, 0.717) is 11.5 Å². The average Bonchev–Trinajstić information content (AvgIpc) is 2.79. The molecule has 0 radical (unpaired) electrons. The number of fused-ring (bicyclic) bond motifs is 2. The van der Waals surface area contributed by atoms with Crippen LogP contribution in [0.15, 0.2) is 30.3 Å². The first kappa shape index (κ1) is 12.1. The molecule has 0 amide bonds. The third kappa shape index (κ3) is 1.52. The van der Waals surface area contributed by atoms with Crippen molar-refractivity contribution in [3.05, 3.63) is 30.3 Å². The van der Waals surface area contributed by atoms with E-state index in [1.165, 1.54) is 0 Å². The Morgan fingerprint density at radius 2 is 2.10 bits per heavy atom. The van der Waals surface area contributed by atoms with Gasteiger partial charge < -0.3 is 20.1 Å². The molecule has 1 aromatic carbocycles. The summed E-state index contributed by atoms with van der Waals surface area (Å²) in [6.07, 6.45) is -0.674. The van der Waals surface area contributed by atoms with E-state index in [-0.39, 0.29) is 24.0 Å². The summed E-state index contributed by atoms with van der Waals surface area (Å²) in [5, 5.41) is 13.8. The van der Waals surface area contributed by atoms with Crippen LogP contribution in [0.2, 0.25) is 0 Å². The molecule has 4 fully saturated rings. The van der Waals surface area contributed by atoms with Gasteiger partial charge >= 0.3 is 5.97 Å². The van der Waals surface area contributed by atoms with Crippen molar-refractivity contribution in [1.29, 1.82) is 0 Å². The highest BCUT2D eigenvalue weighted by Gasteiger charge is 2.60. The third-order valence-corrected chi connectivity index (χ3v) is 4.72. The quantitative estimate of drug-likeness (QED) is 0.577. The van der Waals surface area contributed by atoms with E-state index in [0.717, 1.165) is 5.69 Å². The first-order valence-electron chi connectivity index (χ1n) is 6.70. The van der Waals surface area contributed by atoms with E-state index in [2.05, 4.69) is 5.32 Å². The summed E-state index contributed by atoms with van der Waals surface area (Å²) in [6.45, 7) is 0. The summed E-state index contributed by atoms with van der Waals surface area (Å²) < 4.78 is 5.31. The summed E-state index contributed by atoms with van der Waals surface area (Å²) in [7, 11) is 0. The largest absolute Gasteiger partial charge is 0.457 e. The van der Waals surface area contributed by atoms with Gasteiger partial charge in [-0.25, -0.2) is 0 Å². The van der Waals surface area contributed by atoms with Crippen molar-refractivity contribution >= 4 is 29.0 Å². The number of anilines is 1. The number of hydrogen-bond acceptors (Lipinski definition) is 4. The molecule has 1 aromatic rings. The topological polar surface area (TPSA) is 61.8 Å². The first-order valence-corrected chi connectivity index (χ1v) is 7.11. The molecule has 5 atom stereocenters. The number of para-hydroxylation sites is 1. The van der Waals surface area contributed by atoms with Gasteiger partial charge in [0.2, 0.25) is 0 Å². The fourth-order valence-corrected chi connectivity index (χ4v) is 3.92. The van der Waals surface area contributed by atoms with Crippen LogP contribution in [0.3, 0.4) is 0 Å². The molecule has 1 saturated carbocycles. The van der Waals surface area contributed by atoms with Crippen LogP contribution in [0.4, 0.5) is 5.69 Å². The Hall–Kier alpha value is -1.66. The van der Waals surface area contributed by atoms with Crippen LogP contribution < -0.4 is 10.2 Å². The Kier molecular flexibility index (Phi) is 2.52. The molecule has 0 aromatic heterocycles. The zero-order chi connectivity index (χ0) is 13.9. The predicted molar refractivity (Wildman–Crippen MR) is 76.2 cm³/mol. The smallest absolute Gasteiger partial charge is 0.311 e. The van der Waals surface area contributed by atoms with Gasteiger partial charge in [-0.05, 0) is 30.8 Å². The van der Waals surface area contributed by atoms with Gasteiger partial charge in [0, 0.05) is 5.69 Å². The highest BCUT2D eigenvalue weighted by Crippen LogP contribution is 2.41. The van der Waals surface area contributed by atoms with E-state index in [1.54, 1.807) is 0 Å². The van der Waals surface area contributed by atoms with Gasteiger partial charge in [0.25, 0.3) is 0 Å². The number of aliphatic hydroxyl groups excluding tert-OH is 1. The van der Waals surface area contributed by atoms with Crippen LogP contribution in [-0.2, 0) is 9.53 Å². The van der Waals surface area contributed by atoms with Crippen molar-refractivity contribution in [1.82, 2.24) is 5.32 Å². The molecule has 5 nitrogen and oxygen atoms in total. The monoisotopic (exact) mass is 290 g/mol. The summed E-state index contributed by atoms with van der Waals surface area (Å²) in [6, 6.07) is 9.58. The molecule has 2 bridgehead atoms. The number of benzene rings is 1. The Morgan fingerprint density at radius 1 is 1.35 bits per heavy atom. The van der Waals surface area contributed by atoms with E-state index in [1.807, 2.05) is 35.2 Å². The van der Waals surface area contributed by atoms with Gasteiger partial charge in [0.1, 0.15) is 6.10 Å². The standard InChI is InChI=1S/C14H14N2O3S/c17-9-6-8-11-10(12(9)19-13(8)18)15-14(20)16(11)7-4-2-1-3-5-7/h1-5,8-12,17H,6H2,(H,15,20). The summed E-state index contributed by atoms with van der Waals surface area (Å²) in [5.41, 5.74) is 0.965. The number of carbonyl (C=O) groups excluding carboxylic acids is 1. The van der Waals surface area contributed by atoms with Crippen molar-refractivity contribution in [2.45, 2.75) is 30.7 Å². The van der Waals surface area contributed by atoms with Gasteiger partial charge in [-0.1, -0.05) is 18.2 Å². The average molecular weight is 290 g/mol. The van der Waals surface area contributed by atoms with Crippen molar-refractivity contribution in [3.8, 4) is 0 Å². The molecule has 104 valence electrons. The molecule has 20 heavy (non-hydrogen) atoms. The summed E-state index contributed by atoms with van der Waals surface area (Å²) in [4.78, 5) is 14.0. The predicted octanol–water partition coefficient (Wildman–Crippen LogP) is 0.424. The maximum atomic E-state index is 12.0. The van der Waals surface area contributed by atoms with E-state index >= 15 is 0 Å². The lowest BCUT2D eigenvalue weighted by Gasteiger charge is -2.47. The number of nitrogens with zero attached hydrogens (tertiary/aromatic N) is 1. The fraction of sp³-hybridized carbons (Fsp3) is 0.429. The second kappa shape index (κ2) is 4.17. The van der Waals surface area contributed by atoms with Crippen LogP contribution in [0.5, 0.6) is 0 Å². The molecule has 0 spiro atoms. The molecule has 5 rings (SSSR count). The lowest BCUT2D eigenvalue weighted by molar-refractivity contribution is -0.188. The minimum Gasteiger partial charge on any atom is -0.457 e. The Bertz CT molecular complexity index is 579. The molecule has 2 N–H and O–H groups in total. The Balaban J connectivity index is 1.76. The number of ether oxygens (including phenoxy) is 1. The van der Waals surface area contributed by atoms with E-state index in [4.69, 9.17) is 17.0 Å². The van der Waals surface area contributed by atoms with Crippen molar-refractivity contribution in [2.24, 2.45) is 5.92 Å². The van der Waals surface area contributed by atoms with Gasteiger partial charge in [-0.15, -0.1) is 0 Å². The van der Waals surface area contributed by atoms with Gasteiger partial charge in [-0.3, -0.25) is 4.79 Å². The summed E-state index contributed by atoms with van der Waals surface area (Å²) in [5.74, 6) is -0.567. The first-order chi connectivity index (χ1) is 9.66. The maximum Gasteiger partial charge on any atom is 0.311 e. The number of carbonyl (C=O) groups is 1. The molecular formula is C14H14N2O3S. The van der Waals surface area contributed by atoms with Crippen LogP contribution >= 0.6 is 12.2 Å². The van der Waals surface area contributed by atoms with Crippen LogP contribution in [0.25, 0.3) is 0 Å². The van der Waals surface area contributed by atoms with Crippen LogP contribution in [0.1, 0.15) is 6.42 Å². The molecule has 4 aliphatic rings. The fourth-order valence-electron chi connectivity index (χ4n) is 3.56. The zero-order valence-electron chi connectivity index (χ0n) is 10.6. The minimum atomic E-state index is -0.607. The van der Waals surface area contributed by atoms with Gasteiger partial charge in [0.15, 0.2) is 5.11 Å². The zero-order valence-corrected chi connectivity index (χ0v) is 11.4. The second-order valence-corrected chi connectivity index (χ2v) is 5.87. The highest BCUT2D eigenvalue weighted by atomic mass is 32.1. The molecule has 1 aliphatic carbocycles. The van der Waals surface area contributed by atoms with Crippen molar-refractivity contribution < 1.29 is 14.6 Å². The van der Waals surface area contributed by atoms with Crippen LogP contribution in [-0.4, -0.2) is 40.5 Å². The van der Waals surface area contributed by atoms with Crippen molar-refractivity contribution in [2.75, 3.05) is 4.90 Å². The lowest BCUT2D eigenvalue weighted by Crippen LogP contribution is -2.66. The molecule has 3 heterocycles. The van der Waals surface area contributed by atoms with Gasteiger partial charge in [0.05, 0.1) is 24.1 Å². The number of hydrogen-bond donors (Lipinski definition) is 2. The number of aliphatic hydroxyl groups is 1. The minimum absolute atomic E-state index is 0.0699. The molecular weight excluding hydrogens is 276 g/mol. The maximum absolute atomic E-state index is 12.0. The van der Waals surface area contributed by atoms with E-state index < -0.39 is 12.2 Å². The number of thiocarbonyl (C=S) groups is 1.